The van der Waals surface area contributed by atoms with E-state index in [4.69, 9.17) is 21.4 Å². The second-order valence-corrected chi connectivity index (χ2v) is 8.52. The molecule has 184 valence electrons. The van der Waals surface area contributed by atoms with Crippen molar-refractivity contribution in [1.82, 2.24) is 5.32 Å². The Balaban J connectivity index is 0.000000198. The summed E-state index contributed by atoms with van der Waals surface area (Å²) in [6.45, 7) is 4.65. The molecule has 0 saturated heterocycles. The van der Waals surface area contributed by atoms with Crippen molar-refractivity contribution in [3.05, 3.63) is 106 Å². The van der Waals surface area contributed by atoms with Crippen LogP contribution >= 0.6 is 11.6 Å². The maximum Gasteiger partial charge on any atom is 0.430 e. The molecule has 0 fully saturated rings. The van der Waals surface area contributed by atoms with E-state index in [-0.39, 0.29) is 11.3 Å². The van der Waals surface area contributed by atoms with Gasteiger partial charge < -0.3 is 15.2 Å². The molecule has 2 N–H and O–H groups in total. The van der Waals surface area contributed by atoms with Gasteiger partial charge in [-0.15, -0.1) is 0 Å². The van der Waals surface area contributed by atoms with E-state index in [1.807, 2.05) is 12.1 Å². The van der Waals surface area contributed by atoms with Crippen LogP contribution in [0.2, 0.25) is 5.02 Å². The molecule has 2 atom stereocenters. The summed E-state index contributed by atoms with van der Waals surface area (Å²) in [5, 5.41) is 12.7. The Hall–Kier alpha value is -3.29. The van der Waals surface area contributed by atoms with Crippen molar-refractivity contribution in [1.29, 1.82) is 0 Å². The number of carboxylic acid groups (broad SMARTS) is 1. The van der Waals surface area contributed by atoms with E-state index in [0.717, 1.165) is 12.6 Å². The van der Waals surface area contributed by atoms with E-state index in [0.29, 0.717) is 16.6 Å². The molecule has 4 rings (SSSR count). The van der Waals surface area contributed by atoms with Gasteiger partial charge in [0.1, 0.15) is 5.75 Å². The van der Waals surface area contributed by atoms with Crippen LogP contribution in [0.15, 0.2) is 78.4 Å². The lowest BCUT2D eigenvalue weighted by molar-refractivity contribution is -0.187. The molecule has 0 unspecified atom stereocenters. The molecule has 3 aromatic carbocycles. The zero-order chi connectivity index (χ0) is 25.6. The summed E-state index contributed by atoms with van der Waals surface area (Å²) in [6.07, 6.45) is -6.33. The fourth-order valence-electron chi connectivity index (χ4n) is 3.59. The van der Waals surface area contributed by atoms with Gasteiger partial charge in [-0.2, -0.15) is 13.2 Å². The number of nitrogens with one attached hydrogen (secondary N) is 1. The predicted molar refractivity (Wildman–Crippen MR) is 130 cm³/mol. The molecule has 0 amide bonds. The van der Waals surface area contributed by atoms with Gasteiger partial charge in [-0.25, -0.2) is 4.79 Å². The SMILES string of the molecule is C[C@@H](NCc1ccccc1)c1ccccc1.Cc1cc(Cl)cc2c1O[C@@H](C(F)(F)F)C(C(=O)O)=C2. The average molecular weight is 504 g/mol. The standard InChI is InChI=1S/C15H17N.C12H8ClF3O3/c1-13(15-10-6-3-7-11-15)16-12-14-8-4-2-5-9-14;1-5-2-7(13)3-6-4-8(11(17)18)10(12(14,15)16)19-9(5)6/h2-11,13,16H,12H2,1H3;2-4,10H,1H3,(H,17,18)/t13-;10-/m11/s1. The molecule has 0 spiro atoms. The van der Waals surface area contributed by atoms with Crippen molar-refractivity contribution in [2.45, 2.75) is 38.7 Å². The summed E-state index contributed by atoms with van der Waals surface area (Å²) >= 11 is 5.78. The Morgan fingerprint density at radius 1 is 1.09 bits per heavy atom. The molecule has 1 heterocycles. The summed E-state index contributed by atoms with van der Waals surface area (Å²) in [6, 6.07) is 24.2. The first-order valence-electron chi connectivity index (χ1n) is 10.9. The highest BCUT2D eigenvalue weighted by Gasteiger charge is 2.48. The fraction of sp³-hybridized carbons (Fsp3) is 0.222. The van der Waals surface area contributed by atoms with Crippen molar-refractivity contribution in [2.75, 3.05) is 0 Å². The van der Waals surface area contributed by atoms with Crippen LogP contribution in [0.4, 0.5) is 13.2 Å². The van der Waals surface area contributed by atoms with Crippen LogP contribution < -0.4 is 10.1 Å². The normalized spacial score (nSPS) is 15.6. The third kappa shape index (κ3) is 7.10. The van der Waals surface area contributed by atoms with Crippen LogP contribution in [-0.2, 0) is 11.3 Å². The number of rotatable bonds is 5. The average Bonchev–Trinajstić information content (AvgIpc) is 2.82. The van der Waals surface area contributed by atoms with Gasteiger partial charge in [-0.1, -0.05) is 72.3 Å². The van der Waals surface area contributed by atoms with Crippen LogP contribution in [0.3, 0.4) is 0 Å². The number of alkyl halides is 3. The number of hydrogen-bond acceptors (Lipinski definition) is 3. The van der Waals surface area contributed by atoms with E-state index in [1.165, 1.54) is 30.2 Å². The van der Waals surface area contributed by atoms with Gasteiger partial charge in [0, 0.05) is 23.2 Å². The lowest BCUT2D eigenvalue weighted by atomic mass is 9.99. The van der Waals surface area contributed by atoms with Crippen molar-refractivity contribution in [3.8, 4) is 5.75 Å². The first kappa shape index (κ1) is 26.3. The second-order valence-electron chi connectivity index (χ2n) is 8.08. The van der Waals surface area contributed by atoms with E-state index < -0.39 is 23.8 Å². The highest BCUT2D eigenvalue weighted by molar-refractivity contribution is 6.30. The molecular formula is C27H25ClF3NO3. The maximum atomic E-state index is 12.8. The van der Waals surface area contributed by atoms with Gasteiger partial charge in [-0.05, 0) is 48.7 Å². The van der Waals surface area contributed by atoms with Gasteiger partial charge in [0.05, 0.1) is 5.57 Å². The summed E-state index contributed by atoms with van der Waals surface area (Å²) in [7, 11) is 0. The quantitative estimate of drug-likeness (QED) is 0.394. The molecule has 0 radical (unpaired) electrons. The molecule has 4 nitrogen and oxygen atoms in total. The third-order valence-electron chi connectivity index (χ3n) is 5.40. The van der Waals surface area contributed by atoms with Crippen molar-refractivity contribution < 1.29 is 27.8 Å². The van der Waals surface area contributed by atoms with Crippen molar-refractivity contribution in [2.24, 2.45) is 0 Å². The lowest BCUT2D eigenvalue weighted by Gasteiger charge is -2.28. The Labute approximate surface area is 207 Å². The van der Waals surface area contributed by atoms with E-state index in [9.17, 15) is 18.0 Å². The van der Waals surface area contributed by atoms with Gasteiger partial charge in [0.15, 0.2) is 0 Å². The molecule has 0 aliphatic carbocycles. The van der Waals surface area contributed by atoms with Crippen LogP contribution in [0.1, 0.15) is 35.2 Å². The van der Waals surface area contributed by atoms with Gasteiger partial charge in [-0.3, -0.25) is 0 Å². The van der Waals surface area contributed by atoms with Crippen LogP contribution in [0, 0.1) is 6.92 Å². The van der Waals surface area contributed by atoms with Crippen molar-refractivity contribution in [3.63, 3.8) is 0 Å². The molecule has 35 heavy (non-hydrogen) atoms. The minimum absolute atomic E-state index is 0.00303. The largest absolute Gasteiger partial charge is 0.478 e. The van der Waals surface area contributed by atoms with Crippen LogP contribution in [0.5, 0.6) is 5.75 Å². The first-order valence-corrected chi connectivity index (χ1v) is 11.2. The van der Waals surface area contributed by atoms with Crippen LogP contribution in [-0.4, -0.2) is 23.4 Å². The highest BCUT2D eigenvalue weighted by Crippen LogP contribution is 2.40. The number of carbonyl (C=O) groups is 1. The maximum absolute atomic E-state index is 12.8. The minimum atomic E-state index is -4.80. The van der Waals surface area contributed by atoms with E-state index in [1.54, 1.807) is 0 Å². The smallest absolute Gasteiger partial charge is 0.430 e. The predicted octanol–water partition coefficient (Wildman–Crippen LogP) is 6.98. The van der Waals surface area contributed by atoms with Gasteiger partial charge >= 0.3 is 12.1 Å². The number of carboxylic acids is 1. The zero-order valence-electron chi connectivity index (χ0n) is 19.1. The Bertz CT molecular complexity index is 1180. The minimum Gasteiger partial charge on any atom is -0.478 e. The summed E-state index contributed by atoms with van der Waals surface area (Å²) in [5.41, 5.74) is 2.44. The van der Waals surface area contributed by atoms with E-state index in [2.05, 4.69) is 60.8 Å². The highest BCUT2D eigenvalue weighted by atomic mass is 35.5. The molecule has 1 aliphatic heterocycles. The van der Waals surface area contributed by atoms with E-state index >= 15 is 0 Å². The third-order valence-corrected chi connectivity index (χ3v) is 5.61. The fourth-order valence-corrected chi connectivity index (χ4v) is 3.87. The van der Waals surface area contributed by atoms with Gasteiger partial charge in [0.2, 0.25) is 6.10 Å². The summed E-state index contributed by atoms with van der Waals surface area (Å²) in [5.74, 6) is -1.68. The molecule has 0 bridgehead atoms. The number of benzene rings is 3. The first-order chi connectivity index (χ1) is 16.6. The monoisotopic (exact) mass is 503 g/mol. The number of halogens is 4. The molecule has 1 aliphatic rings. The number of aliphatic carboxylic acids is 1. The Kier molecular flexibility index (Phi) is 8.59. The number of aryl methyl sites for hydroxylation is 1. The topological polar surface area (TPSA) is 58.6 Å². The second kappa shape index (κ2) is 11.4. The number of fused-ring (bicyclic) bond motifs is 1. The van der Waals surface area contributed by atoms with Crippen molar-refractivity contribution >= 4 is 23.6 Å². The Morgan fingerprint density at radius 3 is 2.26 bits per heavy atom. The zero-order valence-corrected chi connectivity index (χ0v) is 19.9. The molecule has 0 saturated carbocycles. The van der Waals surface area contributed by atoms with Crippen LogP contribution in [0.25, 0.3) is 6.08 Å². The number of ether oxygens (including phenoxy) is 1. The molecule has 3 aromatic rings. The lowest BCUT2D eigenvalue weighted by Crippen LogP contribution is -2.40. The summed E-state index contributed by atoms with van der Waals surface area (Å²) in [4.78, 5) is 10.9. The van der Waals surface area contributed by atoms with Gasteiger partial charge in [0.25, 0.3) is 0 Å². The molecule has 8 heteroatoms. The Morgan fingerprint density at radius 2 is 1.69 bits per heavy atom. The molecule has 0 aromatic heterocycles. The molecular weight excluding hydrogens is 479 g/mol. The number of hydrogen-bond donors (Lipinski definition) is 2. The summed E-state index contributed by atoms with van der Waals surface area (Å²) < 4.78 is 43.2.